The molecule has 0 aliphatic rings. The maximum atomic E-state index is 12.8. The maximum absolute atomic E-state index is 12.8. The average Bonchev–Trinajstić information content (AvgIpc) is 2.24. The molecule has 0 saturated carbocycles. The van der Waals surface area contributed by atoms with Gasteiger partial charge in [0.05, 0.1) is 13.7 Å². The molecule has 0 bridgehead atoms. The number of ether oxygens (including phenoxy) is 1. The van der Waals surface area contributed by atoms with E-state index < -0.39 is 0 Å². The largest absolute Gasteiger partial charge is 0.468 e. The van der Waals surface area contributed by atoms with Crippen LogP contribution in [0.5, 0.6) is 0 Å². The second-order valence-electron chi connectivity index (χ2n) is 3.13. The van der Waals surface area contributed by atoms with Crippen molar-refractivity contribution >= 4 is 5.97 Å². The van der Waals surface area contributed by atoms with Crippen LogP contribution in [-0.2, 0) is 16.0 Å². The monoisotopic (exact) mass is 211 g/mol. The van der Waals surface area contributed by atoms with Crippen LogP contribution in [0.3, 0.4) is 0 Å². The van der Waals surface area contributed by atoms with Crippen molar-refractivity contribution in [2.24, 2.45) is 0 Å². The van der Waals surface area contributed by atoms with Crippen molar-refractivity contribution < 1.29 is 13.9 Å². The van der Waals surface area contributed by atoms with Crippen molar-refractivity contribution in [3.63, 3.8) is 0 Å². The fourth-order valence-corrected chi connectivity index (χ4v) is 1.19. The molecule has 1 N–H and O–H groups in total. The molecule has 0 radical (unpaired) electrons. The minimum absolute atomic E-state index is 0.186. The van der Waals surface area contributed by atoms with Gasteiger partial charge in [-0.3, -0.25) is 4.79 Å². The Hall–Kier alpha value is -1.42. The van der Waals surface area contributed by atoms with Crippen molar-refractivity contribution in [3.05, 3.63) is 35.6 Å². The Morgan fingerprint density at radius 1 is 1.53 bits per heavy atom. The molecule has 0 aromatic heterocycles. The maximum Gasteiger partial charge on any atom is 0.319 e. The lowest BCUT2D eigenvalue weighted by Crippen LogP contribution is -2.25. The van der Waals surface area contributed by atoms with Crippen LogP contribution in [0.25, 0.3) is 0 Å². The van der Waals surface area contributed by atoms with Crippen molar-refractivity contribution in [3.8, 4) is 0 Å². The summed E-state index contributed by atoms with van der Waals surface area (Å²) < 4.78 is 17.2. The minimum Gasteiger partial charge on any atom is -0.468 e. The third kappa shape index (κ3) is 4.56. The molecule has 1 aromatic rings. The molecule has 15 heavy (non-hydrogen) atoms. The Morgan fingerprint density at radius 3 is 3.00 bits per heavy atom. The molecule has 0 heterocycles. The standard InChI is InChI=1S/C11H14FNO2/c1-15-11(14)8-13-6-5-9-3-2-4-10(12)7-9/h2-4,7,13H,5-6,8H2,1H3. The summed E-state index contributed by atoms with van der Waals surface area (Å²) in [6.07, 6.45) is 0.689. The quantitative estimate of drug-likeness (QED) is 0.586. The number of halogens is 1. The van der Waals surface area contributed by atoms with Gasteiger partial charge in [0.25, 0.3) is 0 Å². The van der Waals surface area contributed by atoms with E-state index in [1.54, 1.807) is 6.07 Å². The Morgan fingerprint density at radius 2 is 2.33 bits per heavy atom. The van der Waals surface area contributed by atoms with E-state index in [9.17, 15) is 9.18 Å². The molecular formula is C11H14FNO2. The van der Waals surface area contributed by atoms with E-state index in [0.717, 1.165) is 5.56 Å². The number of carbonyl (C=O) groups is 1. The highest BCUT2D eigenvalue weighted by molar-refractivity contribution is 5.71. The summed E-state index contributed by atoms with van der Waals surface area (Å²) in [6.45, 7) is 0.810. The van der Waals surface area contributed by atoms with Gasteiger partial charge in [0, 0.05) is 0 Å². The molecule has 4 heteroatoms. The predicted molar refractivity (Wildman–Crippen MR) is 55.0 cm³/mol. The summed E-state index contributed by atoms with van der Waals surface area (Å²) in [5.41, 5.74) is 0.910. The van der Waals surface area contributed by atoms with E-state index in [1.165, 1.54) is 19.2 Å². The number of esters is 1. The first kappa shape index (κ1) is 11.7. The minimum atomic E-state index is -0.297. The van der Waals surface area contributed by atoms with Crippen molar-refractivity contribution in [2.75, 3.05) is 20.2 Å². The zero-order valence-corrected chi connectivity index (χ0v) is 8.63. The van der Waals surface area contributed by atoms with Gasteiger partial charge in [-0.2, -0.15) is 0 Å². The molecule has 0 amide bonds. The molecular weight excluding hydrogens is 197 g/mol. The van der Waals surface area contributed by atoms with Crippen LogP contribution < -0.4 is 5.32 Å². The third-order valence-corrected chi connectivity index (χ3v) is 1.98. The summed E-state index contributed by atoms with van der Waals surface area (Å²) in [5, 5.41) is 2.91. The Labute approximate surface area is 88.2 Å². The van der Waals surface area contributed by atoms with E-state index >= 15 is 0 Å². The third-order valence-electron chi connectivity index (χ3n) is 1.98. The summed E-state index contributed by atoms with van der Waals surface area (Å²) in [7, 11) is 1.34. The molecule has 0 fully saturated rings. The van der Waals surface area contributed by atoms with Crippen molar-refractivity contribution in [1.29, 1.82) is 0 Å². The van der Waals surface area contributed by atoms with Gasteiger partial charge in [0.15, 0.2) is 0 Å². The van der Waals surface area contributed by atoms with E-state index in [0.29, 0.717) is 13.0 Å². The normalized spacial score (nSPS) is 10.0. The zero-order chi connectivity index (χ0) is 11.1. The molecule has 0 atom stereocenters. The summed E-state index contributed by atoms with van der Waals surface area (Å²) >= 11 is 0. The number of hydrogen-bond acceptors (Lipinski definition) is 3. The van der Waals surface area contributed by atoms with Gasteiger partial charge < -0.3 is 10.1 Å². The van der Waals surface area contributed by atoms with Crippen LogP contribution in [0.15, 0.2) is 24.3 Å². The van der Waals surface area contributed by atoms with Gasteiger partial charge in [-0.15, -0.1) is 0 Å². The predicted octanol–water partition coefficient (Wildman–Crippen LogP) is 1.13. The van der Waals surface area contributed by atoms with E-state index in [4.69, 9.17) is 0 Å². The molecule has 3 nitrogen and oxygen atoms in total. The number of benzene rings is 1. The van der Waals surface area contributed by atoms with Gasteiger partial charge in [-0.1, -0.05) is 12.1 Å². The van der Waals surface area contributed by atoms with Gasteiger partial charge >= 0.3 is 5.97 Å². The number of nitrogens with one attached hydrogen (secondary N) is 1. The van der Waals surface area contributed by atoms with Crippen LogP contribution in [-0.4, -0.2) is 26.2 Å². The van der Waals surface area contributed by atoms with Crippen LogP contribution >= 0.6 is 0 Å². The first-order chi connectivity index (χ1) is 7.22. The molecule has 0 aliphatic carbocycles. The van der Waals surface area contributed by atoms with Crippen LogP contribution in [0.1, 0.15) is 5.56 Å². The first-order valence-electron chi connectivity index (χ1n) is 4.74. The number of methoxy groups -OCH3 is 1. The highest BCUT2D eigenvalue weighted by Crippen LogP contribution is 2.03. The highest BCUT2D eigenvalue weighted by Gasteiger charge is 1.99. The van der Waals surface area contributed by atoms with Gasteiger partial charge in [0.1, 0.15) is 5.82 Å². The smallest absolute Gasteiger partial charge is 0.319 e. The van der Waals surface area contributed by atoms with E-state index in [1.807, 2.05) is 6.07 Å². The molecule has 0 unspecified atom stereocenters. The molecule has 0 spiro atoms. The van der Waals surface area contributed by atoms with Gasteiger partial charge in [0.2, 0.25) is 0 Å². The fourth-order valence-electron chi connectivity index (χ4n) is 1.19. The molecule has 82 valence electrons. The lowest BCUT2D eigenvalue weighted by molar-refractivity contribution is -0.139. The summed E-state index contributed by atoms with van der Waals surface area (Å²) in [4.78, 5) is 10.7. The SMILES string of the molecule is COC(=O)CNCCc1cccc(F)c1. The summed E-state index contributed by atoms with van der Waals surface area (Å²) in [5.74, 6) is -0.533. The summed E-state index contributed by atoms with van der Waals surface area (Å²) in [6, 6.07) is 6.42. The lowest BCUT2D eigenvalue weighted by Gasteiger charge is -2.03. The first-order valence-corrected chi connectivity index (χ1v) is 4.74. The number of rotatable bonds is 5. The van der Waals surface area contributed by atoms with Crippen molar-refractivity contribution in [2.45, 2.75) is 6.42 Å². The molecule has 0 aliphatic heterocycles. The molecule has 1 rings (SSSR count). The molecule has 1 aromatic carbocycles. The zero-order valence-electron chi connectivity index (χ0n) is 8.63. The van der Waals surface area contributed by atoms with Crippen molar-refractivity contribution in [1.82, 2.24) is 5.32 Å². The fraction of sp³-hybridized carbons (Fsp3) is 0.364. The van der Waals surface area contributed by atoms with Gasteiger partial charge in [-0.25, -0.2) is 4.39 Å². The Kier molecular flexibility index (Phi) is 4.77. The number of carbonyl (C=O) groups excluding carboxylic acids is 1. The second kappa shape index (κ2) is 6.14. The van der Waals surface area contributed by atoms with Crippen LogP contribution in [0, 0.1) is 5.82 Å². The van der Waals surface area contributed by atoms with Crippen LogP contribution in [0.4, 0.5) is 4.39 Å². The van der Waals surface area contributed by atoms with Gasteiger partial charge in [-0.05, 0) is 30.7 Å². The topological polar surface area (TPSA) is 38.3 Å². The highest BCUT2D eigenvalue weighted by atomic mass is 19.1. The van der Waals surface area contributed by atoms with E-state index in [2.05, 4.69) is 10.1 Å². The Balaban J connectivity index is 2.23. The molecule has 0 saturated heterocycles. The second-order valence-corrected chi connectivity index (χ2v) is 3.13. The Bertz CT molecular complexity index is 328. The van der Waals surface area contributed by atoms with E-state index in [-0.39, 0.29) is 18.3 Å². The number of hydrogen-bond donors (Lipinski definition) is 1. The lowest BCUT2D eigenvalue weighted by atomic mass is 10.1. The van der Waals surface area contributed by atoms with Crippen LogP contribution in [0.2, 0.25) is 0 Å². The average molecular weight is 211 g/mol.